The number of carbonyl (C=O) groups is 2. The minimum absolute atomic E-state index is 0.261. The van der Waals surface area contributed by atoms with Gasteiger partial charge < -0.3 is 15.7 Å². The van der Waals surface area contributed by atoms with Crippen LogP contribution >= 0.6 is 0 Å². The van der Waals surface area contributed by atoms with Gasteiger partial charge in [-0.3, -0.25) is 0 Å². The number of aromatic carboxylic acids is 1. The highest BCUT2D eigenvalue weighted by Gasteiger charge is 2.18. The normalized spacial score (nSPS) is 15.5. The molecule has 114 valence electrons. The van der Waals surface area contributed by atoms with E-state index in [2.05, 4.69) is 10.6 Å². The van der Waals surface area contributed by atoms with Gasteiger partial charge in [-0.2, -0.15) is 0 Å². The molecular formula is C15H19FN2O3. The summed E-state index contributed by atoms with van der Waals surface area (Å²) >= 11 is 0. The molecule has 2 amide bonds. The van der Waals surface area contributed by atoms with Gasteiger partial charge in [0, 0.05) is 6.54 Å². The fraction of sp³-hybridized carbons (Fsp3) is 0.467. The lowest BCUT2D eigenvalue weighted by Gasteiger charge is -2.21. The maximum absolute atomic E-state index is 13.7. The third-order valence-corrected chi connectivity index (χ3v) is 3.76. The molecule has 6 heteroatoms. The first kappa shape index (κ1) is 15.3. The average molecular weight is 294 g/mol. The number of para-hydroxylation sites is 1. The second-order valence-corrected chi connectivity index (χ2v) is 5.31. The number of nitrogens with one attached hydrogen (secondary N) is 2. The average Bonchev–Trinajstić information content (AvgIpc) is 2.48. The van der Waals surface area contributed by atoms with Crippen LogP contribution in [0, 0.1) is 11.7 Å². The monoisotopic (exact) mass is 294 g/mol. The minimum Gasteiger partial charge on any atom is -0.478 e. The number of amides is 2. The SMILES string of the molecule is O=C(NCC1CCCCC1)Nc1c(F)cccc1C(=O)O. The van der Waals surface area contributed by atoms with Crippen LogP contribution in [-0.2, 0) is 0 Å². The molecule has 1 aliphatic carbocycles. The molecule has 0 aromatic heterocycles. The second kappa shape index (κ2) is 7.06. The molecule has 0 spiro atoms. The number of benzene rings is 1. The van der Waals surface area contributed by atoms with E-state index in [1.807, 2.05) is 0 Å². The Morgan fingerprint density at radius 3 is 2.62 bits per heavy atom. The maximum atomic E-state index is 13.7. The van der Waals surface area contributed by atoms with Crippen LogP contribution in [-0.4, -0.2) is 23.7 Å². The lowest BCUT2D eigenvalue weighted by molar-refractivity contribution is 0.0697. The van der Waals surface area contributed by atoms with Crippen LogP contribution in [0.25, 0.3) is 0 Å². The molecule has 21 heavy (non-hydrogen) atoms. The Labute approximate surface area is 122 Å². The van der Waals surface area contributed by atoms with Crippen LogP contribution in [0.15, 0.2) is 18.2 Å². The standard InChI is InChI=1S/C15H19FN2O3/c16-12-8-4-7-11(14(19)20)13(12)18-15(21)17-9-10-5-2-1-3-6-10/h4,7-8,10H,1-3,5-6,9H2,(H,19,20)(H2,17,18,21). The Bertz CT molecular complexity index is 528. The van der Waals surface area contributed by atoms with Crippen molar-refractivity contribution in [3.05, 3.63) is 29.6 Å². The van der Waals surface area contributed by atoms with Gasteiger partial charge in [0.15, 0.2) is 0 Å². The molecule has 0 unspecified atom stereocenters. The van der Waals surface area contributed by atoms with Crippen LogP contribution in [0.5, 0.6) is 0 Å². The van der Waals surface area contributed by atoms with Gasteiger partial charge in [0.05, 0.1) is 11.3 Å². The van der Waals surface area contributed by atoms with E-state index in [1.54, 1.807) is 0 Å². The van der Waals surface area contributed by atoms with Gasteiger partial charge in [-0.25, -0.2) is 14.0 Å². The zero-order valence-electron chi connectivity index (χ0n) is 11.7. The van der Waals surface area contributed by atoms with E-state index in [0.717, 1.165) is 18.9 Å². The van der Waals surface area contributed by atoms with E-state index < -0.39 is 17.8 Å². The van der Waals surface area contributed by atoms with Crippen molar-refractivity contribution in [3.63, 3.8) is 0 Å². The zero-order chi connectivity index (χ0) is 15.2. The van der Waals surface area contributed by atoms with Gasteiger partial charge in [0.25, 0.3) is 0 Å². The Kier molecular flexibility index (Phi) is 5.14. The molecular weight excluding hydrogens is 275 g/mol. The summed E-state index contributed by atoms with van der Waals surface area (Å²) in [5.41, 5.74) is -0.561. The third-order valence-electron chi connectivity index (χ3n) is 3.76. The van der Waals surface area contributed by atoms with E-state index in [0.29, 0.717) is 12.5 Å². The number of urea groups is 1. The number of carbonyl (C=O) groups excluding carboxylic acids is 1. The highest BCUT2D eigenvalue weighted by Crippen LogP contribution is 2.23. The predicted molar refractivity (Wildman–Crippen MR) is 77.0 cm³/mol. The van der Waals surface area contributed by atoms with E-state index in [1.165, 1.54) is 31.4 Å². The molecule has 0 aliphatic heterocycles. The Hall–Kier alpha value is -2.11. The van der Waals surface area contributed by atoms with Crippen LogP contribution < -0.4 is 10.6 Å². The molecule has 5 nitrogen and oxygen atoms in total. The molecule has 1 saturated carbocycles. The highest BCUT2D eigenvalue weighted by molar-refractivity contribution is 6.00. The quantitative estimate of drug-likeness (QED) is 0.797. The first-order chi connectivity index (χ1) is 10.1. The van der Waals surface area contributed by atoms with Gasteiger partial charge in [-0.15, -0.1) is 0 Å². The molecule has 1 aromatic rings. The van der Waals surface area contributed by atoms with Crippen LogP contribution in [0.3, 0.4) is 0 Å². The Morgan fingerprint density at radius 1 is 1.24 bits per heavy atom. The van der Waals surface area contributed by atoms with E-state index in [9.17, 15) is 14.0 Å². The van der Waals surface area contributed by atoms with Gasteiger partial charge >= 0.3 is 12.0 Å². The summed E-state index contributed by atoms with van der Waals surface area (Å²) in [5, 5.41) is 14.0. The van der Waals surface area contributed by atoms with Gasteiger partial charge in [0.2, 0.25) is 0 Å². The van der Waals surface area contributed by atoms with Crippen molar-refractivity contribution in [2.45, 2.75) is 32.1 Å². The highest BCUT2D eigenvalue weighted by atomic mass is 19.1. The maximum Gasteiger partial charge on any atom is 0.337 e. The number of hydrogen-bond acceptors (Lipinski definition) is 2. The summed E-state index contributed by atoms with van der Waals surface area (Å²) in [4.78, 5) is 22.8. The fourth-order valence-corrected chi connectivity index (χ4v) is 2.62. The van der Waals surface area contributed by atoms with E-state index in [4.69, 9.17) is 5.11 Å². The number of halogens is 1. The van der Waals surface area contributed by atoms with E-state index in [-0.39, 0.29) is 11.3 Å². The van der Waals surface area contributed by atoms with Crippen molar-refractivity contribution in [3.8, 4) is 0 Å². The lowest BCUT2D eigenvalue weighted by atomic mass is 9.89. The summed E-state index contributed by atoms with van der Waals surface area (Å²) in [5.74, 6) is -1.59. The van der Waals surface area contributed by atoms with Gasteiger partial charge in [0.1, 0.15) is 5.82 Å². The second-order valence-electron chi connectivity index (χ2n) is 5.31. The number of carboxylic acids is 1. The smallest absolute Gasteiger partial charge is 0.337 e. The van der Waals surface area contributed by atoms with Crippen molar-refractivity contribution in [1.29, 1.82) is 0 Å². The third kappa shape index (κ3) is 4.18. The number of anilines is 1. The van der Waals surface area contributed by atoms with Crippen LogP contribution in [0.4, 0.5) is 14.9 Å². The lowest BCUT2D eigenvalue weighted by Crippen LogP contribution is -2.34. The Balaban J connectivity index is 1.94. The molecule has 1 fully saturated rings. The van der Waals surface area contributed by atoms with Crippen LogP contribution in [0.1, 0.15) is 42.5 Å². The molecule has 1 aromatic carbocycles. The number of carboxylic acid groups (broad SMARTS) is 1. The van der Waals surface area contributed by atoms with E-state index >= 15 is 0 Å². The molecule has 0 bridgehead atoms. The predicted octanol–water partition coefficient (Wildman–Crippen LogP) is 3.23. The minimum atomic E-state index is -1.28. The zero-order valence-corrected chi connectivity index (χ0v) is 11.7. The largest absolute Gasteiger partial charge is 0.478 e. The molecule has 0 atom stereocenters. The summed E-state index contributed by atoms with van der Waals surface area (Å²) in [6.07, 6.45) is 5.75. The van der Waals surface area contributed by atoms with Crippen molar-refractivity contribution in [2.75, 3.05) is 11.9 Å². The molecule has 2 rings (SSSR count). The van der Waals surface area contributed by atoms with Crippen molar-refractivity contribution in [2.24, 2.45) is 5.92 Å². The molecule has 1 aliphatic rings. The molecule has 0 heterocycles. The molecule has 0 saturated heterocycles. The fourth-order valence-electron chi connectivity index (χ4n) is 2.62. The first-order valence-corrected chi connectivity index (χ1v) is 7.14. The molecule has 0 radical (unpaired) electrons. The molecule has 3 N–H and O–H groups in total. The first-order valence-electron chi connectivity index (χ1n) is 7.14. The summed E-state index contributed by atoms with van der Waals surface area (Å²) < 4.78 is 13.7. The van der Waals surface area contributed by atoms with Crippen molar-refractivity contribution < 1.29 is 19.1 Å². The summed E-state index contributed by atoms with van der Waals surface area (Å²) in [6.45, 7) is 0.530. The Morgan fingerprint density at radius 2 is 1.95 bits per heavy atom. The summed E-state index contributed by atoms with van der Waals surface area (Å²) in [7, 11) is 0. The summed E-state index contributed by atoms with van der Waals surface area (Å²) in [6, 6.07) is 3.09. The van der Waals surface area contributed by atoms with Crippen LogP contribution in [0.2, 0.25) is 0 Å². The topological polar surface area (TPSA) is 78.4 Å². The van der Waals surface area contributed by atoms with Crippen molar-refractivity contribution >= 4 is 17.7 Å². The van der Waals surface area contributed by atoms with Gasteiger partial charge in [-0.1, -0.05) is 25.3 Å². The number of hydrogen-bond donors (Lipinski definition) is 3. The van der Waals surface area contributed by atoms with Gasteiger partial charge in [-0.05, 0) is 30.9 Å². The van der Waals surface area contributed by atoms with Crippen molar-refractivity contribution in [1.82, 2.24) is 5.32 Å². The number of rotatable bonds is 4.